The molecule has 2 nitrogen and oxygen atoms in total. The van der Waals surface area contributed by atoms with Gasteiger partial charge in [-0.2, -0.15) is 0 Å². The first-order valence-electron chi connectivity index (χ1n) is 7.83. The third-order valence-electron chi connectivity index (χ3n) is 4.32. The van der Waals surface area contributed by atoms with E-state index in [4.69, 9.17) is 0 Å². The maximum absolute atomic E-state index is 3.60. The molecule has 1 atom stereocenters. The second kappa shape index (κ2) is 7.38. The highest BCUT2D eigenvalue weighted by Crippen LogP contribution is 2.19. The Hall–Kier alpha value is -0.0800. The average Bonchev–Trinajstić information content (AvgIpc) is 3.13. The molecule has 17 heavy (non-hydrogen) atoms. The molecule has 2 fully saturated rings. The minimum atomic E-state index is 0.835. The Morgan fingerprint density at radius 2 is 1.88 bits per heavy atom. The molecule has 2 aliphatic rings. The van der Waals surface area contributed by atoms with Gasteiger partial charge in [0.25, 0.3) is 0 Å². The van der Waals surface area contributed by atoms with Gasteiger partial charge in [0.1, 0.15) is 0 Å². The number of nitrogens with zero attached hydrogens (tertiary/aromatic N) is 1. The van der Waals surface area contributed by atoms with Crippen LogP contribution in [0.2, 0.25) is 0 Å². The lowest BCUT2D eigenvalue weighted by atomic mass is 10.1. The molecule has 1 unspecified atom stereocenters. The lowest BCUT2D eigenvalue weighted by Crippen LogP contribution is -2.33. The molecule has 1 saturated carbocycles. The minimum Gasteiger partial charge on any atom is -0.314 e. The second-order valence-electron chi connectivity index (χ2n) is 6.02. The standard InChI is InChI=1S/C15H30N2/c1-14-8-4-2-6-12-17(14)13-7-3-5-11-16-15-9-10-15/h14-16H,2-13H2,1H3. The van der Waals surface area contributed by atoms with Gasteiger partial charge >= 0.3 is 0 Å². The molecule has 0 amide bonds. The highest BCUT2D eigenvalue weighted by Gasteiger charge is 2.19. The van der Waals surface area contributed by atoms with E-state index < -0.39 is 0 Å². The van der Waals surface area contributed by atoms with E-state index in [2.05, 4.69) is 17.1 Å². The summed E-state index contributed by atoms with van der Waals surface area (Å²) in [6.07, 6.45) is 12.8. The zero-order valence-corrected chi connectivity index (χ0v) is 11.6. The van der Waals surface area contributed by atoms with E-state index in [0.29, 0.717) is 0 Å². The van der Waals surface area contributed by atoms with E-state index in [1.165, 1.54) is 77.4 Å². The van der Waals surface area contributed by atoms with E-state index in [1.807, 2.05) is 0 Å². The zero-order valence-electron chi connectivity index (χ0n) is 11.6. The van der Waals surface area contributed by atoms with E-state index in [1.54, 1.807) is 0 Å². The number of hydrogen-bond acceptors (Lipinski definition) is 2. The molecule has 1 heterocycles. The van der Waals surface area contributed by atoms with Gasteiger partial charge in [-0.15, -0.1) is 0 Å². The van der Waals surface area contributed by atoms with Crippen LogP contribution in [0.5, 0.6) is 0 Å². The smallest absolute Gasteiger partial charge is 0.00682 e. The van der Waals surface area contributed by atoms with Crippen LogP contribution in [0.25, 0.3) is 0 Å². The van der Waals surface area contributed by atoms with Crippen molar-refractivity contribution in [3.63, 3.8) is 0 Å². The molecule has 100 valence electrons. The summed E-state index contributed by atoms with van der Waals surface area (Å²) in [6.45, 7) is 6.35. The summed E-state index contributed by atoms with van der Waals surface area (Å²) < 4.78 is 0. The lowest BCUT2D eigenvalue weighted by Gasteiger charge is -2.26. The van der Waals surface area contributed by atoms with Crippen LogP contribution in [0.3, 0.4) is 0 Å². The van der Waals surface area contributed by atoms with Crippen molar-refractivity contribution in [2.24, 2.45) is 0 Å². The van der Waals surface area contributed by atoms with Gasteiger partial charge in [0.15, 0.2) is 0 Å². The van der Waals surface area contributed by atoms with Gasteiger partial charge in [0.2, 0.25) is 0 Å². The summed E-state index contributed by atoms with van der Waals surface area (Å²) in [4.78, 5) is 2.72. The van der Waals surface area contributed by atoms with Crippen LogP contribution in [0, 0.1) is 0 Å². The summed E-state index contributed by atoms with van der Waals surface area (Å²) in [5, 5.41) is 3.60. The highest BCUT2D eigenvalue weighted by atomic mass is 15.1. The zero-order chi connectivity index (χ0) is 11.9. The van der Waals surface area contributed by atoms with Gasteiger partial charge in [0.05, 0.1) is 0 Å². The largest absolute Gasteiger partial charge is 0.314 e. The van der Waals surface area contributed by atoms with Crippen LogP contribution >= 0.6 is 0 Å². The maximum atomic E-state index is 3.60. The Bertz CT molecular complexity index is 201. The summed E-state index contributed by atoms with van der Waals surface area (Å²) in [6, 6.07) is 1.72. The first-order chi connectivity index (χ1) is 8.36. The van der Waals surface area contributed by atoms with Gasteiger partial charge in [-0.05, 0) is 65.1 Å². The first kappa shape index (κ1) is 13.4. The summed E-state index contributed by atoms with van der Waals surface area (Å²) in [7, 11) is 0. The molecule has 1 aliphatic carbocycles. The van der Waals surface area contributed by atoms with E-state index in [9.17, 15) is 0 Å². The van der Waals surface area contributed by atoms with E-state index in [-0.39, 0.29) is 0 Å². The van der Waals surface area contributed by atoms with Crippen molar-refractivity contribution in [1.82, 2.24) is 10.2 Å². The molecular weight excluding hydrogens is 208 g/mol. The first-order valence-corrected chi connectivity index (χ1v) is 7.83. The molecule has 0 spiro atoms. The van der Waals surface area contributed by atoms with Crippen molar-refractivity contribution in [1.29, 1.82) is 0 Å². The van der Waals surface area contributed by atoms with Crippen LogP contribution in [0.1, 0.15) is 64.7 Å². The average molecular weight is 238 g/mol. The molecule has 0 radical (unpaired) electrons. The molecule has 1 N–H and O–H groups in total. The molecule has 2 rings (SSSR count). The van der Waals surface area contributed by atoms with Crippen LogP contribution in [0.4, 0.5) is 0 Å². The molecule has 0 aromatic rings. The summed E-state index contributed by atoms with van der Waals surface area (Å²) in [5.41, 5.74) is 0. The second-order valence-corrected chi connectivity index (χ2v) is 6.02. The van der Waals surface area contributed by atoms with Crippen LogP contribution < -0.4 is 5.32 Å². The van der Waals surface area contributed by atoms with Crippen molar-refractivity contribution >= 4 is 0 Å². The number of unbranched alkanes of at least 4 members (excludes halogenated alkanes) is 2. The Labute approximate surface area is 107 Å². The summed E-state index contributed by atoms with van der Waals surface area (Å²) >= 11 is 0. The quantitative estimate of drug-likeness (QED) is 0.685. The predicted octanol–water partition coefficient (Wildman–Crippen LogP) is 3.17. The Kier molecular flexibility index (Phi) is 5.79. The van der Waals surface area contributed by atoms with Gasteiger partial charge in [-0.3, -0.25) is 0 Å². The number of nitrogens with one attached hydrogen (secondary N) is 1. The molecule has 1 saturated heterocycles. The topological polar surface area (TPSA) is 15.3 Å². The third-order valence-corrected chi connectivity index (χ3v) is 4.32. The van der Waals surface area contributed by atoms with E-state index in [0.717, 1.165) is 12.1 Å². The fraction of sp³-hybridized carbons (Fsp3) is 1.00. The number of likely N-dealkylation sites (tertiary alicyclic amines) is 1. The molecule has 1 aliphatic heterocycles. The highest BCUT2D eigenvalue weighted by molar-refractivity contribution is 4.80. The molecule has 0 aromatic carbocycles. The van der Waals surface area contributed by atoms with Gasteiger partial charge < -0.3 is 10.2 Å². The fourth-order valence-electron chi connectivity index (χ4n) is 2.88. The molecule has 0 bridgehead atoms. The van der Waals surface area contributed by atoms with Crippen molar-refractivity contribution in [2.75, 3.05) is 19.6 Å². The Morgan fingerprint density at radius 3 is 2.71 bits per heavy atom. The summed E-state index contributed by atoms with van der Waals surface area (Å²) in [5.74, 6) is 0. The number of rotatable bonds is 7. The van der Waals surface area contributed by atoms with Gasteiger partial charge in [0, 0.05) is 12.1 Å². The van der Waals surface area contributed by atoms with Crippen LogP contribution in [0.15, 0.2) is 0 Å². The number of hydrogen-bond donors (Lipinski definition) is 1. The monoisotopic (exact) mass is 238 g/mol. The van der Waals surface area contributed by atoms with Crippen molar-refractivity contribution < 1.29 is 0 Å². The van der Waals surface area contributed by atoms with Gasteiger partial charge in [-0.1, -0.05) is 19.3 Å². The normalized spacial score (nSPS) is 27.0. The lowest BCUT2D eigenvalue weighted by molar-refractivity contribution is 0.209. The fourth-order valence-corrected chi connectivity index (χ4v) is 2.88. The molecule has 0 aromatic heterocycles. The van der Waals surface area contributed by atoms with Crippen LogP contribution in [-0.4, -0.2) is 36.6 Å². The van der Waals surface area contributed by atoms with E-state index >= 15 is 0 Å². The Morgan fingerprint density at radius 1 is 1.00 bits per heavy atom. The predicted molar refractivity (Wildman–Crippen MR) is 74.4 cm³/mol. The molecule has 2 heteroatoms. The minimum absolute atomic E-state index is 0.835. The maximum Gasteiger partial charge on any atom is 0.00682 e. The van der Waals surface area contributed by atoms with Gasteiger partial charge in [-0.25, -0.2) is 0 Å². The van der Waals surface area contributed by atoms with Crippen molar-refractivity contribution in [3.8, 4) is 0 Å². The third kappa shape index (κ3) is 5.39. The van der Waals surface area contributed by atoms with Crippen molar-refractivity contribution in [3.05, 3.63) is 0 Å². The molecular formula is C15H30N2. The SMILES string of the molecule is CC1CCCCCN1CCCCCNC1CC1. The van der Waals surface area contributed by atoms with Crippen molar-refractivity contribution in [2.45, 2.75) is 76.8 Å². The Balaban J connectivity index is 1.47. The van der Waals surface area contributed by atoms with Crippen LogP contribution in [-0.2, 0) is 0 Å².